The molecule has 0 spiro atoms. The maximum absolute atomic E-state index is 12.4. The van der Waals surface area contributed by atoms with Crippen LogP contribution in [0.1, 0.15) is 25.0 Å². The van der Waals surface area contributed by atoms with E-state index in [4.69, 9.17) is 11.6 Å². The van der Waals surface area contributed by atoms with Crippen LogP contribution in [0.3, 0.4) is 0 Å². The van der Waals surface area contributed by atoms with E-state index in [0.717, 1.165) is 24.3 Å². The van der Waals surface area contributed by atoms with Gasteiger partial charge in [0, 0.05) is 23.2 Å². The fraction of sp³-hybridized carbons (Fsp3) is 0.353. The zero-order valence-electron chi connectivity index (χ0n) is 13.2. The average Bonchev–Trinajstić information content (AvgIpc) is 3.01. The topological polar surface area (TPSA) is 66.3 Å². The van der Waals surface area contributed by atoms with Crippen molar-refractivity contribution in [2.75, 3.05) is 13.1 Å². The molecule has 24 heavy (non-hydrogen) atoms. The van der Waals surface area contributed by atoms with Crippen molar-refractivity contribution in [3.05, 3.63) is 51.4 Å². The smallest absolute Gasteiger partial charge is 0.274 e. The van der Waals surface area contributed by atoms with Gasteiger partial charge in [-0.2, -0.15) is 9.50 Å². The number of piperidine rings is 1. The maximum atomic E-state index is 12.4. The molecule has 1 aliphatic heterocycles. The Morgan fingerprint density at radius 2 is 1.83 bits per heavy atom. The largest absolute Gasteiger partial charge is 0.298 e. The second kappa shape index (κ2) is 6.37. The minimum absolute atomic E-state index is 0.139. The van der Waals surface area contributed by atoms with Gasteiger partial charge in [-0.15, -0.1) is 0 Å². The number of hydrogen-bond acceptors (Lipinski definition) is 4. The summed E-state index contributed by atoms with van der Waals surface area (Å²) in [6.45, 7) is 2.84. The van der Waals surface area contributed by atoms with Gasteiger partial charge < -0.3 is 0 Å². The monoisotopic (exact) mass is 343 g/mol. The van der Waals surface area contributed by atoms with Gasteiger partial charge in [0.2, 0.25) is 0 Å². The van der Waals surface area contributed by atoms with Crippen LogP contribution in [0.25, 0.3) is 17.2 Å². The highest BCUT2D eigenvalue weighted by Gasteiger charge is 2.14. The third kappa shape index (κ3) is 3.07. The molecule has 7 heteroatoms. The van der Waals surface area contributed by atoms with Crippen LogP contribution in [0.4, 0.5) is 0 Å². The summed E-state index contributed by atoms with van der Waals surface area (Å²) in [5.74, 6) is 1.01. The van der Waals surface area contributed by atoms with E-state index >= 15 is 0 Å². The Labute approximate surface area is 144 Å². The third-order valence-electron chi connectivity index (χ3n) is 4.34. The van der Waals surface area contributed by atoms with E-state index in [-0.39, 0.29) is 5.56 Å². The minimum Gasteiger partial charge on any atom is -0.298 e. The van der Waals surface area contributed by atoms with Gasteiger partial charge in [-0.05, 0) is 50.2 Å². The van der Waals surface area contributed by atoms with Crippen LogP contribution in [-0.2, 0) is 6.54 Å². The Kier molecular flexibility index (Phi) is 4.08. The van der Waals surface area contributed by atoms with Crippen molar-refractivity contribution < 1.29 is 0 Å². The van der Waals surface area contributed by atoms with Crippen LogP contribution < -0.4 is 5.56 Å². The molecule has 3 heterocycles. The van der Waals surface area contributed by atoms with E-state index in [1.807, 2.05) is 12.1 Å². The van der Waals surface area contributed by atoms with Crippen molar-refractivity contribution in [2.45, 2.75) is 25.8 Å². The van der Waals surface area contributed by atoms with Crippen LogP contribution in [0.5, 0.6) is 0 Å². The number of nitrogens with zero attached hydrogens (tertiary/aromatic N) is 4. The van der Waals surface area contributed by atoms with Crippen molar-refractivity contribution in [1.82, 2.24) is 24.5 Å². The summed E-state index contributed by atoms with van der Waals surface area (Å²) in [4.78, 5) is 23.7. The van der Waals surface area contributed by atoms with Crippen LogP contribution >= 0.6 is 11.6 Å². The Hall–Kier alpha value is -2.18. The number of hydrogen-bond donors (Lipinski definition) is 1. The molecule has 0 amide bonds. The molecule has 0 bridgehead atoms. The SMILES string of the molecule is O=c1cc(CN2CCCCC2)nc2nc(-c3ccc(Cl)cc3)[nH]n12. The van der Waals surface area contributed by atoms with Crippen LogP contribution in [0, 0.1) is 0 Å². The van der Waals surface area contributed by atoms with Gasteiger partial charge in [-0.25, -0.2) is 4.98 Å². The molecule has 0 saturated carbocycles. The molecule has 0 atom stereocenters. The van der Waals surface area contributed by atoms with E-state index in [9.17, 15) is 4.79 Å². The number of likely N-dealkylation sites (tertiary alicyclic amines) is 1. The highest BCUT2D eigenvalue weighted by molar-refractivity contribution is 6.30. The molecule has 1 fully saturated rings. The number of nitrogens with one attached hydrogen (secondary N) is 1. The van der Waals surface area contributed by atoms with Crippen molar-refractivity contribution in [2.24, 2.45) is 0 Å². The summed E-state index contributed by atoms with van der Waals surface area (Å²) >= 11 is 5.91. The summed E-state index contributed by atoms with van der Waals surface area (Å²) in [6, 6.07) is 8.90. The first-order valence-electron chi connectivity index (χ1n) is 8.16. The van der Waals surface area contributed by atoms with Gasteiger partial charge >= 0.3 is 0 Å². The predicted molar refractivity (Wildman–Crippen MR) is 93.2 cm³/mol. The number of aromatic nitrogens is 4. The van der Waals surface area contributed by atoms with Crippen molar-refractivity contribution in [3.8, 4) is 11.4 Å². The summed E-state index contributed by atoms with van der Waals surface area (Å²) in [7, 11) is 0. The Morgan fingerprint density at radius 1 is 1.08 bits per heavy atom. The van der Waals surface area contributed by atoms with Crippen molar-refractivity contribution >= 4 is 17.4 Å². The summed E-state index contributed by atoms with van der Waals surface area (Å²) in [5.41, 5.74) is 1.50. The lowest BCUT2D eigenvalue weighted by Gasteiger charge is -2.25. The zero-order chi connectivity index (χ0) is 16.5. The summed E-state index contributed by atoms with van der Waals surface area (Å²) in [5, 5.41) is 3.67. The Balaban J connectivity index is 1.67. The summed E-state index contributed by atoms with van der Waals surface area (Å²) in [6.07, 6.45) is 3.71. The van der Waals surface area contributed by atoms with Crippen LogP contribution in [0.2, 0.25) is 5.02 Å². The Morgan fingerprint density at radius 3 is 2.58 bits per heavy atom. The van der Waals surface area contributed by atoms with Gasteiger partial charge in [0.25, 0.3) is 11.3 Å². The molecular weight excluding hydrogens is 326 g/mol. The molecule has 0 unspecified atom stereocenters. The molecule has 3 aromatic rings. The molecule has 1 aliphatic rings. The summed E-state index contributed by atoms with van der Waals surface area (Å²) < 4.78 is 1.38. The van der Waals surface area contributed by atoms with Gasteiger partial charge in [0.05, 0.1) is 5.69 Å². The zero-order valence-corrected chi connectivity index (χ0v) is 14.0. The number of aromatic amines is 1. The van der Waals surface area contributed by atoms with E-state index in [0.29, 0.717) is 23.2 Å². The normalized spacial score (nSPS) is 15.9. The number of halogens is 1. The molecule has 2 aromatic heterocycles. The van der Waals surface area contributed by atoms with E-state index in [1.54, 1.807) is 18.2 Å². The maximum Gasteiger partial charge on any atom is 0.274 e. The molecule has 4 rings (SSSR count). The number of H-pyrrole nitrogens is 1. The second-order valence-electron chi connectivity index (χ2n) is 6.14. The van der Waals surface area contributed by atoms with Gasteiger partial charge in [-0.1, -0.05) is 18.0 Å². The predicted octanol–water partition coefficient (Wildman–Crippen LogP) is 2.72. The molecule has 1 saturated heterocycles. The fourth-order valence-corrected chi connectivity index (χ4v) is 3.22. The van der Waals surface area contributed by atoms with Crippen LogP contribution in [0.15, 0.2) is 35.1 Å². The molecule has 124 valence electrons. The van der Waals surface area contributed by atoms with E-state index in [2.05, 4.69) is 20.0 Å². The first kappa shape index (κ1) is 15.4. The lowest BCUT2D eigenvalue weighted by Crippen LogP contribution is -2.30. The van der Waals surface area contributed by atoms with Crippen molar-refractivity contribution in [3.63, 3.8) is 0 Å². The molecule has 1 N–H and O–H groups in total. The van der Waals surface area contributed by atoms with Gasteiger partial charge in [0.15, 0.2) is 5.82 Å². The molecule has 6 nitrogen and oxygen atoms in total. The molecular formula is C17H18ClN5O. The van der Waals surface area contributed by atoms with E-state index in [1.165, 1.54) is 23.8 Å². The second-order valence-corrected chi connectivity index (χ2v) is 6.57. The average molecular weight is 344 g/mol. The molecule has 1 aromatic carbocycles. The van der Waals surface area contributed by atoms with Gasteiger partial charge in [-0.3, -0.25) is 14.8 Å². The number of benzene rings is 1. The first-order chi connectivity index (χ1) is 11.7. The number of fused-ring (bicyclic) bond motifs is 1. The molecule has 0 radical (unpaired) electrons. The third-order valence-corrected chi connectivity index (χ3v) is 4.59. The minimum atomic E-state index is -0.139. The van der Waals surface area contributed by atoms with Crippen molar-refractivity contribution in [1.29, 1.82) is 0 Å². The highest BCUT2D eigenvalue weighted by Crippen LogP contribution is 2.18. The molecule has 0 aliphatic carbocycles. The lowest BCUT2D eigenvalue weighted by atomic mass is 10.1. The number of rotatable bonds is 3. The van der Waals surface area contributed by atoms with E-state index < -0.39 is 0 Å². The first-order valence-corrected chi connectivity index (χ1v) is 8.54. The lowest BCUT2D eigenvalue weighted by molar-refractivity contribution is 0.218. The quantitative estimate of drug-likeness (QED) is 0.794. The van der Waals surface area contributed by atoms with Gasteiger partial charge in [0.1, 0.15) is 0 Å². The Bertz CT molecular complexity index is 909. The standard InChI is InChI=1S/C17H18ClN5O/c18-13-6-4-12(5-7-13)16-20-17-19-14(10-15(24)23(17)21-16)11-22-8-2-1-3-9-22/h4-7,10H,1-3,8-9,11H2,(H,19,20,21). The fourth-order valence-electron chi connectivity index (χ4n) is 3.09. The highest BCUT2D eigenvalue weighted by atomic mass is 35.5. The van der Waals surface area contributed by atoms with Crippen LogP contribution in [-0.4, -0.2) is 37.6 Å².